The van der Waals surface area contributed by atoms with Crippen LogP contribution in [-0.2, 0) is 14.3 Å². The van der Waals surface area contributed by atoms with Crippen LogP contribution >= 0.6 is 0 Å². The van der Waals surface area contributed by atoms with Crippen molar-refractivity contribution in [1.29, 1.82) is 0 Å². The standard InChI is InChI=1S/C10H16O3/c1-5-8-13-10(6-2,7-3)9(11)12-4/h6-7H2,1-4H3. The summed E-state index contributed by atoms with van der Waals surface area (Å²) in [5.74, 6) is 2.23. The maximum absolute atomic E-state index is 11.4. The zero-order valence-corrected chi connectivity index (χ0v) is 8.64. The Labute approximate surface area is 79.4 Å². The molecule has 0 saturated heterocycles. The molecule has 74 valence electrons. The molecule has 0 aliphatic carbocycles. The monoisotopic (exact) mass is 184 g/mol. The number of hydrogen-bond donors (Lipinski definition) is 0. The van der Waals surface area contributed by atoms with E-state index in [1.807, 2.05) is 13.8 Å². The van der Waals surface area contributed by atoms with Gasteiger partial charge in [0.15, 0.2) is 0 Å². The lowest BCUT2D eigenvalue weighted by Gasteiger charge is -2.25. The van der Waals surface area contributed by atoms with Gasteiger partial charge in [-0.3, -0.25) is 0 Å². The maximum atomic E-state index is 11.4. The van der Waals surface area contributed by atoms with Crippen LogP contribution in [0.1, 0.15) is 33.6 Å². The summed E-state index contributed by atoms with van der Waals surface area (Å²) in [6, 6.07) is 0. The van der Waals surface area contributed by atoms with Crippen LogP contribution in [0.2, 0.25) is 0 Å². The van der Waals surface area contributed by atoms with Crippen LogP contribution in [0.5, 0.6) is 0 Å². The van der Waals surface area contributed by atoms with E-state index in [9.17, 15) is 4.79 Å². The van der Waals surface area contributed by atoms with Gasteiger partial charge < -0.3 is 9.47 Å². The normalized spacial score (nSPS) is 9.85. The fourth-order valence-corrected chi connectivity index (χ4v) is 1.06. The highest BCUT2D eigenvalue weighted by Crippen LogP contribution is 2.21. The van der Waals surface area contributed by atoms with Gasteiger partial charge >= 0.3 is 5.97 Å². The van der Waals surface area contributed by atoms with Crippen molar-refractivity contribution in [1.82, 2.24) is 0 Å². The van der Waals surface area contributed by atoms with Gasteiger partial charge in [0.1, 0.15) is 6.11 Å². The summed E-state index contributed by atoms with van der Waals surface area (Å²) in [4.78, 5) is 11.4. The van der Waals surface area contributed by atoms with Gasteiger partial charge in [0.25, 0.3) is 0 Å². The number of ether oxygens (including phenoxy) is 2. The third kappa shape index (κ3) is 2.66. The first-order valence-electron chi connectivity index (χ1n) is 4.35. The molecule has 0 N–H and O–H groups in total. The Morgan fingerprint density at radius 3 is 2.23 bits per heavy atom. The van der Waals surface area contributed by atoms with Crippen molar-refractivity contribution in [3.05, 3.63) is 0 Å². The first kappa shape index (κ1) is 11.8. The van der Waals surface area contributed by atoms with Crippen LogP contribution in [0, 0.1) is 12.0 Å². The summed E-state index contributed by atoms with van der Waals surface area (Å²) >= 11 is 0. The summed E-state index contributed by atoms with van der Waals surface area (Å²) in [7, 11) is 1.35. The number of carbonyl (C=O) groups excluding carboxylic acids is 1. The second-order valence-electron chi connectivity index (χ2n) is 2.65. The molecule has 0 aliphatic rings. The third-order valence-electron chi connectivity index (χ3n) is 2.05. The second kappa shape index (κ2) is 5.47. The third-order valence-corrected chi connectivity index (χ3v) is 2.05. The average molecular weight is 184 g/mol. The Morgan fingerprint density at radius 2 is 1.92 bits per heavy atom. The largest absolute Gasteiger partial charge is 0.466 e. The van der Waals surface area contributed by atoms with Crippen molar-refractivity contribution < 1.29 is 14.3 Å². The molecule has 0 fully saturated rings. The zero-order chi connectivity index (χ0) is 10.3. The van der Waals surface area contributed by atoms with Crippen LogP contribution < -0.4 is 0 Å². The number of rotatable bonds is 4. The predicted octanol–water partition coefficient (Wildman–Crippen LogP) is 1.72. The molecule has 0 atom stereocenters. The zero-order valence-electron chi connectivity index (χ0n) is 8.64. The molecule has 0 heterocycles. The highest BCUT2D eigenvalue weighted by atomic mass is 16.6. The molecule has 0 aromatic rings. The lowest BCUT2D eigenvalue weighted by atomic mass is 9.97. The Kier molecular flexibility index (Phi) is 4.98. The summed E-state index contributed by atoms with van der Waals surface area (Å²) in [6.45, 7) is 5.41. The van der Waals surface area contributed by atoms with Gasteiger partial charge in [-0.1, -0.05) is 19.8 Å². The second-order valence-corrected chi connectivity index (χ2v) is 2.65. The number of hydrogen-bond acceptors (Lipinski definition) is 3. The van der Waals surface area contributed by atoms with Gasteiger partial charge in [-0.25, -0.2) is 4.79 Å². The highest BCUT2D eigenvalue weighted by molar-refractivity contribution is 5.79. The molecule has 0 rings (SSSR count). The van der Waals surface area contributed by atoms with Crippen molar-refractivity contribution in [3.8, 4) is 12.0 Å². The van der Waals surface area contributed by atoms with Crippen LogP contribution in [-0.4, -0.2) is 18.7 Å². The molecule has 0 aliphatic heterocycles. The van der Waals surface area contributed by atoms with Crippen LogP contribution in [0.15, 0.2) is 0 Å². The summed E-state index contributed by atoms with van der Waals surface area (Å²) in [6.07, 6.45) is 3.58. The average Bonchev–Trinajstić information content (AvgIpc) is 2.19. The topological polar surface area (TPSA) is 35.5 Å². The van der Waals surface area contributed by atoms with E-state index in [0.717, 1.165) is 0 Å². The van der Waals surface area contributed by atoms with Gasteiger partial charge in [0.05, 0.1) is 7.11 Å². The lowest BCUT2D eigenvalue weighted by molar-refractivity contribution is -0.162. The first-order chi connectivity index (χ1) is 6.16. The predicted molar refractivity (Wildman–Crippen MR) is 49.9 cm³/mol. The molecule has 0 aromatic carbocycles. The molecule has 3 heteroatoms. The van der Waals surface area contributed by atoms with Gasteiger partial charge in [-0.05, 0) is 12.8 Å². The SMILES string of the molecule is CC#COC(CC)(CC)C(=O)OC. The Balaban J connectivity index is 4.64. The molecule has 0 aromatic heterocycles. The van der Waals surface area contributed by atoms with E-state index in [2.05, 4.69) is 16.8 Å². The fourth-order valence-electron chi connectivity index (χ4n) is 1.06. The van der Waals surface area contributed by atoms with Gasteiger partial charge in [-0.15, -0.1) is 0 Å². The molecule has 0 saturated carbocycles. The van der Waals surface area contributed by atoms with Crippen molar-refractivity contribution in [2.24, 2.45) is 0 Å². The summed E-state index contributed by atoms with van der Waals surface area (Å²) in [5.41, 5.74) is -0.891. The van der Waals surface area contributed by atoms with Crippen LogP contribution in [0.25, 0.3) is 0 Å². The summed E-state index contributed by atoms with van der Waals surface area (Å²) in [5, 5.41) is 0. The van der Waals surface area contributed by atoms with E-state index >= 15 is 0 Å². The molecular formula is C10H16O3. The fraction of sp³-hybridized carbons (Fsp3) is 0.700. The minimum atomic E-state index is -0.891. The molecule has 0 unspecified atom stereocenters. The van der Waals surface area contributed by atoms with Crippen LogP contribution in [0.3, 0.4) is 0 Å². The van der Waals surface area contributed by atoms with Crippen molar-refractivity contribution in [3.63, 3.8) is 0 Å². The molecule has 0 bridgehead atoms. The molecule has 0 radical (unpaired) electrons. The highest BCUT2D eigenvalue weighted by Gasteiger charge is 2.38. The molecular weight excluding hydrogens is 168 g/mol. The van der Waals surface area contributed by atoms with E-state index in [0.29, 0.717) is 12.8 Å². The van der Waals surface area contributed by atoms with E-state index in [1.54, 1.807) is 6.92 Å². The Morgan fingerprint density at radius 1 is 1.38 bits per heavy atom. The van der Waals surface area contributed by atoms with E-state index in [4.69, 9.17) is 4.74 Å². The van der Waals surface area contributed by atoms with Crippen LogP contribution in [0.4, 0.5) is 0 Å². The van der Waals surface area contributed by atoms with Crippen molar-refractivity contribution in [2.45, 2.75) is 39.2 Å². The lowest BCUT2D eigenvalue weighted by Crippen LogP contribution is -2.40. The molecule has 0 spiro atoms. The summed E-state index contributed by atoms with van der Waals surface area (Å²) < 4.78 is 9.86. The maximum Gasteiger partial charge on any atom is 0.351 e. The minimum absolute atomic E-state index is 0.361. The van der Waals surface area contributed by atoms with E-state index in [1.165, 1.54) is 7.11 Å². The molecule has 0 amide bonds. The van der Waals surface area contributed by atoms with Gasteiger partial charge in [0, 0.05) is 6.92 Å². The Hall–Kier alpha value is -1.17. The van der Waals surface area contributed by atoms with E-state index in [-0.39, 0.29) is 5.97 Å². The van der Waals surface area contributed by atoms with Gasteiger partial charge in [0.2, 0.25) is 5.60 Å². The number of esters is 1. The van der Waals surface area contributed by atoms with Crippen molar-refractivity contribution >= 4 is 5.97 Å². The van der Waals surface area contributed by atoms with Gasteiger partial charge in [-0.2, -0.15) is 0 Å². The first-order valence-corrected chi connectivity index (χ1v) is 4.35. The van der Waals surface area contributed by atoms with E-state index < -0.39 is 5.60 Å². The molecule has 3 nitrogen and oxygen atoms in total. The molecule has 13 heavy (non-hydrogen) atoms. The Bertz CT molecular complexity index is 218. The number of methoxy groups -OCH3 is 1. The quantitative estimate of drug-likeness (QED) is 0.493. The van der Waals surface area contributed by atoms with Crippen molar-refractivity contribution in [2.75, 3.05) is 7.11 Å². The number of carbonyl (C=O) groups is 1. The minimum Gasteiger partial charge on any atom is -0.466 e. The smallest absolute Gasteiger partial charge is 0.351 e.